The number of rotatable bonds is 10. The van der Waals surface area contributed by atoms with Crippen molar-refractivity contribution in [2.45, 2.75) is 38.0 Å². The molecule has 0 spiro atoms. The Labute approximate surface area is 176 Å². The van der Waals surface area contributed by atoms with Crippen LogP contribution in [0.25, 0.3) is 0 Å². The number of nitrogens with zero attached hydrogens (tertiary/aromatic N) is 1. The highest BCUT2D eigenvalue weighted by Gasteiger charge is 2.29. The lowest BCUT2D eigenvalue weighted by atomic mass is 10.2. The molecule has 0 atom stereocenters. The first kappa shape index (κ1) is 23.5. The van der Waals surface area contributed by atoms with Gasteiger partial charge in [-0.2, -0.15) is 4.31 Å². The number of carbonyl (C=O) groups excluding carboxylic acids is 2. The molecule has 0 unspecified atom stereocenters. The third kappa shape index (κ3) is 6.90. The zero-order valence-electron chi connectivity index (χ0n) is 16.8. The molecule has 1 heterocycles. The van der Waals surface area contributed by atoms with Crippen LogP contribution in [0.3, 0.4) is 0 Å². The number of anilines is 1. The van der Waals surface area contributed by atoms with Crippen LogP contribution in [0.1, 0.15) is 33.1 Å². The van der Waals surface area contributed by atoms with E-state index in [1.165, 1.54) is 10.4 Å². The fourth-order valence-corrected chi connectivity index (χ4v) is 5.22. The molecule has 29 heavy (non-hydrogen) atoms. The topological polar surface area (TPSA) is 102 Å². The number of carbonyl (C=O) groups is 2. The molecule has 0 saturated carbocycles. The van der Waals surface area contributed by atoms with Gasteiger partial charge >= 0.3 is 5.97 Å². The molecule has 1 aliphatic rings. The Hall–Kier alpha value is -1.78. The summed E-state index contributed by atoms with van der Waals surface area (Å²) in [4.78, 5) is 23.5. The van der Waals surface area contributed by atoms with Crippen LogP contribution >= 0.6 is 11.8 Å². The maximum absolute atomic E-state index is 13.1. The molecule has 1 aromatic carbocycles. The number of benzene rings is 1. The van der Waals surface area contributed by atoms with Gasteiger partial charge in [-0.15, -0.1) is 11.8 Å². The zero-order chi connectivity index (χ0) is 21.3. The Morgan fingerprint density at radius 2 is 1.83 bits per heavy atom. The first-order chi connectivity index (χ1) is 13.9. The predicted octanol–water partition coefficient (Wildman–Crippen LogP) is 2.49. The van der Waals surface area contributed by atoms with Crippen molar-refractivity contribution in [1.29, 1.82) is 0 Å². The predicted molar refractivity (Wildman–Crippen MR) is 113 cm³/mol. The third-order valence-corrected chi connectivity index (χ3v) is 7.04. The molecule has 0 bridgehead atoms. The summed E-state index contributed by atoms with van der Waals surface area (Å²) in [5, 5.41) is 2.68. The van der Waals surface area contributed by atoms with Gasteiger partial charge in [0.1, 0.15) is 10.6 Å². The summed E-state index contributed by atoms with van der Waals surface area (Å²) in [5.41, 5.74) is 0.366. The first-order valence-corrected chi connectivity index (χ1v) is 12.3. The SMILES string of the molecule is CCOC(=O)CSCC(=O)Nc1ccc(OCC)c(S(=O)(=O)N2CCCCC2)c1. The van der Waals surface area contributed by atoms with Crippen LogP contribution in [0, 0.1) is 0 Å². The molecule has 8 nitrogen and oxygen atoms in total. The van der Waals surface area contributed by atoms with E-state index in [0.29, 0.717) is 32.0 Å². The summed E-state index contributed by atoms with van der Waals surface area (Å²) in [6, 6.07) is 4.60. The van der Waals surface area contributed by atoms with E-state index in [1.54, 1.807) is 26.0 Å². The highest BCUT2D eigenvalue weighted by atomic mass is 32.2. The van der Waals surface area contributed by atoms with Crippen molar-refractivity contribution < 1.29 is 27.5 Å². The molecule has 0 aromatic heterocycles. The smallest absolute Gasteiger partial charge is 0.315 e. The van der Waals surface area contributed by atoms with Crippen molar-refractivity contribution in [2.75, 3.05) is 43.1 Å². The van der Waals surface area contributed by atoms with E-state index in [4.69, 9.17) is 9.47 Å². The average Bonchev–Trinajstić information content (AvgIpc) is 2.70. The molecule has 162 valence electrons. The largest absolute Gasteiger partial charge is 0.492 e. The number of esters is 1. The van der Waals surface area contributed by atoms with E-state index >= 15 is 0 Å². The third-order valence-electron chi connectivity index (χ3n) is 4.22. The summed E-state index contributed by atoms with van der Waals surface area (Å²) in [6.07, 6.45) is 2.68. The second kappa shape index (κ2) is 11.4. The van der Waals surface area contributed by atoms with E-state index in [-0.39, 0.29) is 34.0 Å². The Kier molecular flexibility index (Phi) is 9.25. The number of hydrogen-bond acceptors (Lipinski definition) is 7. The van der Waals surface area contributed by atoms with Gasteiger partial charge in [-0.05, 0) is 44.9 Å². The quantitative estimate of drug-likeness (QED) is 0.553. The maximum atomic E-state index is 13.1. The van der Waals surface area contributed by atoms with Crippen molar-refractivity contribution in [3.63, 3.8) is 0 Å². The van der Waals surface area contributed by atoms with Crippen LogP contribution in [-0.4, -0.2) is 62.4 Å². The Morgan fingerprint density at radius 3 is 2.48 bits per heavy atom. The van der Waals surface area contributed by atoms with Crippen molar-refractivity contribution in [3.8, 4) is 5.75 Å². The average molecular weight is 445 g/mol. The summed E-state index contributed by atoms with van der Waals surface area (Å²) in [6.45, 7) is 5.10. The van der Waals surface area contributed by atoms with E-state index in [1.807, 2.05) is 0 Å². The monoisotopic (exact) mass is 444 g/mol. The molecule has 1 aliphatic heterocycles. The fourth-order valence-electron chi connectivity index (χ4n) is 2.93. The lowest BCUT2D eigenvalue weighted by molar-refractivity contribution is -0.139. The van der Waals surface area contributed by atoms with Crippen LogP contribution < -0.4 is 10.1 Å². The van der Waals surface area contributed by atoms with Gasteiger partial charge in [-0.1, -0.05) is 6.42 Å². The van der Waals surface area contributed by atoms with Gasteiger partial charge in [0.05, 0.1) is 24.7 Å². The molecule has 1 aromatic rings. The number of amides is 1. The standard InChI is InChI=1S/C19H28N2O6S2/c1-3-26-16-9-8-15(20-18(22)13-28-14-19(23)27-4-2)12-17(16)29(24,25)21-10-6-5-7-11-21/h8-9,12H,3-7,10-11,13-14H2,1-2H3,(H,20,22). The second-order valence-corrected chi connectivity index (χ2v) is 9.30. The summed E-state index contributed by atoms with van der Waals surface area (Å²) in [5.74, 6) is -0.293. The Balaban J connectivity index is 2.11. The molecular weight excluding hydrogens is 416 g/mol. The lowest BCUT2D eigenvalue weighted by Crippen LogP contribution is -2.35. The summed E-state index contributed by atoms with van der Waals surface area (Å²) >= 11 is 1.13. The Morgan fingerprint density at radius 1 is 1.10 bits per heavy atom. The number of piperidine rings is 1. The minimum atomic E-state index is -3.72. The van der Waals surface area contributed by atoms with Crippen molar-refractivity contribution >= 4 is 39.3 Å². The number of thioether (sulfide) groups is 1. The molecule has 0 radical (unpaired) electrons. The van der Waals surface area contributed by atoms with Gasteiger partial charge < -0.3 is 14.8 Å². The molecular formula is C19H28N2O6S2. The van der Waals surface area contributed by atoms with Crippen LogP contribution in [0.2, 0.25) is 0 Å². The van der Waals surface area contributed by atoms with Gasteiger partial charge in [0.15, 0.2) is 0 Å². The molecule has 0 aliphatic carbocycles. The van der Waals surface area contributed by atoms with E-state index in [2.05, 4.69) is 5.32 Å². The highest BCUT2D eigenvalue weighted by molar-refractivity contribution is 8.00. The van der Waals surface area contributed by atoms with Gasteiger partial charge in [0, 0.05) is 18.8 Å². The number of ether oxygens (including phenoxy) is 2. The summed E-state index contributed by atoms with van der Waals surface area (Å²) < 4.78 is 38.0. The summed E-state index contributed by atoms with van der Waals surface area (Å²) in [7, 11) is -3.72. The fraction of sp³-hybridized carbons (Fsp3) is 0.579. The van der Waals surface area contributed by atoms with Gasteiger partial charge in [0.25, 0.3) is 0 Å². The molecule has 1 saturated heterocycles. The van der Waals surface area contributed by atoms with Gasteiger partial charge in [0.2, 0.25) is 15.9 Å². The van der Waals surface area contributed by atoms with Crippen molar-refractivity contribution in [1.82, 2.24) is 4.31 Å². The zero-order valence-corrected chi connectivity index (χ0v) is 18.4. The molecule has 1 N–H and O–H groups in total. The van der Waals surface area contributed by atoms with E-state index in [9.17, 15) is 18.0 Å². The second-order valence-electron chi connectivity index (χ2n) is 6.41. The lowest BCUT2D eigenvalue weighted by Gasteiger charge is -2.27. The molecule has 10 heteroatoms. The van der Waals surface area contributed by atoms with Gasteiger partial charge in [-0.3, -0.25) is 9.59 Å². The van der Waals surface area contributed by atoms with Crippen LogP contribution in [0.4, 0.5) is 5.69 Å². The number of hydrogen-bond donors (Lipinski definition) is 1. The van der Waals surface area contributed by atoms with Crippen LogP contribution in [0.15, 0.2) is 23.1 Å². The normalized spacial score (nSPS) is 15.0. The van der Waals surface area contributed by atoms with Gasteiger partial charge in [-0.25, -0.2) is 8.42 Å². The van der Waals surface area contributed by atoms with E-state index in [0.717, 1.165) is 31.0 Å². The Bertz CT molecular complexity index is 807. The minimum Gasteiger partial charge on any atom is -0.492 e. The molecule has 1 amide bonds. The minimum absolute atomic E-state index is 0.0539. The van der Waals surface area contributed by atoms with Crippen LogP contribution in [0.5, 0.6) is 5.75 Å². The van der Waals surface area contributed by atoms with Crippen LogP contribution in [-0.2, 0) is 24.3 Å². The molecule has 2 rings (SSSR count). The van der Waals surface area contributed by atoms with Crippen molar-refractivity contribution in [2.24, 2.45) is 0 Å². The molecule has 1 fully saturated rings. The van der Waals surface area contributed by atoms with E-state index < -0.39 is 10.0 Å². The maximum Gasteiger partial charge on any atom is 0.315 e. The first-order valence-electron chi connectivity index (χ1n) is 9.68. The highest BCUT2D eigenvalue weighted by Crippen LogP contribution is 2.31. The number of sulfonamides is 1. The number of nitrogens with one attached hydrogen (secondary N) is 1. The van der Waals surface area contributed by atoms with Crippen molar-refractivity contribution in [3.05, 3.63) is 18.2 Å².